The van der Waals surface area contributed by atoms with Crippen molar-refractivity contribution in [2.75, 3.05) is 5.73 Å². The van der Waals surface area contributed by atoms with Gasteiger partial charge in [0, 0.05) is 22.8 Å². The summed E-state index contributed by atoms with van der Waals surface area (Å²) in [6.45, 7) is 7.18. The van der Waals surface area contributed by atoms with Crippen molar-refractivity contribution in [2.45, 2.75) is 13.8 Å². The third-order valence-corrected chi connectivity index (χ3v) is 3.58. The first-order valence-electron chi connectivity index (χ1n) is 7.34. The van der Waals surface area contributed by atoms with Crippen LogP contribution in [0.5, 0.6) is 5.75 Å². The number of aromatic nitrogens is 1. The summed E-state index contributed by atoms with van der Waals surface area (Å²) in [6, 6.07) is 10.1. The first kappa shape index (κ1) is 17.3. The van der Waals surface area contributed by atoms with Crippen LogP contribution in [0.25, 0.3) is 16.5 Å². The molecule has 0 bridgehead atoms. The van der Waals surface area contributed by atoms with Gasteiger partial charge in [0.1, 0.15) is 17.4 Å². The van der Waals surface area contributed by atoms with Gasteiger partial charge in [0.25, 0.3) is 0 Å². The highest BCUT2D eigenvalue weighted by Crippen LogP contribution is 2.26. The summed E-state index contributed by atoms with van der Waals surface area (Å²) in [4.78, 5) is 3.97. The SMILES string of the molecule is C=C(N)c1cc(C)ccc1F.Cc1cc2c(N)nccc2cc1O. The molecule has 2 aromatic carbocycles. The van der Waals surface area contributed by atoms with Gasteiger partial charge in [-0.3, -0.25) is 0 Å². The summed E-state index contributed by atoms with van der Waals surface area (Å²) in [6.07, 6.45) is 1.63. The van der Waals surface area contributed by atoms with Gasteiger partial charge in [0.15, 0.2) is 0 Å². The van der Waals surface area contributed by atoms with Crippen molar-refractivity contribution < 1.29 is 9.50 Å². The van der Waals surface area contributed by atoms with Gasteiger partial charge in [-0.2, -0.15) is 0 Å². The molecule has 5 N–H and O–H groups in total. The molecule has 3 aromatic rings. The number of benzene rings is 2. The molecule has 5 heteroatoms. The Morgan fingerprint density at radius 3 is 2.50 bits per heavy atom. The van der Waals surface area contributed by atoms with Crippen molar-refractivity contribution >= 4 is 22.3 Å². The predicted molar refractivity (Wildman–Crippen MR) is 96.9 cm³/mol. The van der Waals surface area contributed by atoms with E-state index in [0.29, 0.717) is 11.4 Å². The Morgan fingerprint density at radius 1 is 1.17 bits per heavy atom. The average molecular weight is 325 g/mol. The van der Waals surface area contributed by atoms with E-state index in [9.17, 15) is 9.50 Å². The number of aryl methyl sites for hydroxylation is 2. The lowest BCUT2D eigenvalue weighted by atomic mass is 10.1. The number of hydrogen-bond donors (Lipinski definition) is 3. The van der Waals surface area contributed by atoms with Gasteiger partial charge >= 0.3 is 0 Å². The Labute approximate surface area is 140 Å². The Bertz CT molecular complexity index is 906. The van der Waals surface area contributed by atoms with E-state index in [1.807, 2.05) is 26.0 Å². The zero-order valence-corrected chi connectivity index (χ0v) is 13.7. The van der Waals surface area contributed by atoms with E-state index in [2.05, 4.69) is 11.6 Å². The maximum absolute atomic E-state index is 12.9. The minimum Gasteiger partial charge on any atom is -0.508 e. The van der Waals surface area contributed by atoms with Crippen LogP contribution in [0.15, 0.2) is 49.2 Å². The number of rotatable bonds is 1. The Balaban J connectivity index is 0.000000177. The predicted octanol–water partition coefficient (Wildman–Crippen LogP) is 3.89. The van der Waals surface area contributed by atoms with E-state index in [4.69, 9.17) is 11.5 Å². The fraction of sp³-hybridized carbons (Fsp3) is 0.105. The largest absolute Gasteiger partial charge is 0.508 e. The van der Waals surface area contributed by atoms with Crippen LogP contribution in [-0.2, 0) is 0 Å². The number of aromatic hydroxyl groups is 1. The van der Waals surface area contributed by atoms with Crippen LogP contribution in [-0.4, -0.2) is 10.1 Å². The van der Waals surface area contributed by atoms with Crippen LogP contribution in [0, 0.1) is 19.7 Å². The molecule has 0 saturated heterocycles. The van der Waals surface area contributed by atoms with Crippen molar-refractivity contribution in [3.05, 3.63) is 71.7 Å². The van der Waals surface area contributed by atoms with E-state index < -0.39 is 0 Å². The van der Waals surface area contributed by atoms with Crippen LogP contribution >= 0.6 is 0 Å². The standard InChI is InChI=1S/C10H10N2O.C9H10FN/c1-6-4-8-7(5-9(6)13)2-3-12-10(8)11;1-6-3-4-9(10)8(5-6)7(2)11/h2-5,13H,1H3,(H2,11,12);3-5H,2,11H2,1H3. The molecule has 24 heavy (non-hydrogen) atoms. The summed E-state index contributed by atoms with van der Waals surface area (Å²) < 4.78 is 12.9. The minimum atomic E-state index is -0.317. The van der Waals surface area contributed by atoms with Gasteiger partial charge < -0.3 is 16.6 Å². The van der Waals surface area contributed by atoms with E-state index in [-0.39, 0.29) is 17.3 Å². The topological polar surface area (TPSA) is 85.2 Å². The molecule has 3 rings (SSSR count). The monoisotopic (exact) mass is 325 g/mol. The van der Waals surface area contributed by atoms with Crippen molar-refractivity contribution in [2.24, 2.45) is 5.73 Å². The molecule has 0 aliphatic carbocycles. The van der Waals surface area contributed by atoms with Crippen LogP contribution in [0.4, 0.5) is 10.2 Å². The fourth-order valence-corrected chi connectivity index (χ4v) is 2.22. The third kappa shape index (κ3) is 3.81. The first-order valence-corrected chi connectivity index (χ1v) is 7.34. The summed E-state index contributed by atoms with van der Waals surface area (Å²) in [5.74, 6) is 0.474. The van der Waals surface area contributed by atoms with Gasteiger partial charge in [-0.25, -0.2) is 9.37 Å². The van der Waals surface area contributed by atoms with Gasteiger partial charge in [0.2, 0.25) is 0 Å². The molecule has 0 amide bonds. The van der Waals surface area contributed by atoms with Crippen molar-refractivity contribution in [3.63, 3.8) is 0 Å². The van der Waals surface area contributed by atoms with Crippen LogP contribution in [0.2, 0.25) is 0 Å². The maximum atomic E-state index is 12.9. The number of halogens is 1. The molecule has 1 aromatic heterocycles. The quantitative estimate of drug-likeness (QED) is 0.633. The number of fused-ring (bicyclic) bond motifs is 1. The average Bonchev–Trinajstić information content (AvgIpc) is 2.52. The molecule has 0 spiro atoms. The first-order chi connectivity index (χ1) is 11.3. The zero-order chi connectivity index (χ0) is 17.9. The molecule has 0 aliphatic rings. The highest BCUT2D eigenvalue weighted by atomic mass is 19.1. The molecule has 0 atom stereocenters. The van der Waals surface area contributed by atoms with E-state index in [1.165, 1.54) is 6.07 Å². The van der Waals surface area contributed by atoms with Crippen molar-refractivity contribution in [1.82, 2.24) is 4.98 Å². The molecule has 0 fully saturated rings. The molecular formula is C19H20FN3O. The molecule has 0 unspecified atom stereocenters. The lowest BCUT2D eigenvalue weighted by molar-refractivity contribution is 0.472. The van der Waals surface area contributed by atoms with E-state index in [0.717, 1.165) is 21.9 Å². The van der Waals surface area contributed by atoms with Crippen LogP contribution < -0.4 is 11.5 Å². The molecule has 124 valence electrons. The summed E-state index contributed by atoms with van der Waals surface area (Å²) in [5.41, 5.74) is 13.5. The maximum Gasteiger partial charge on any atom is 0.132 e. The fourth-order valence-electron chi connectivity index (χ4n) is 2.22. The summed E-state index contributed by atoms with van der Waals surface area (Å²) in [5, 5.41) is 11.2. The normalized spacial score (nSPS) is 10.1. The number of anilines is 1. The highest BCUT2D eigenvalue weighted by molar-refractivity contribution is 5.92. The van der Waals surface area contributed by atoms with Crippen molar-refractivity contribution in [3.8, 4) is 5.75 Å². The summed E-state index contributed by atoms with van der Waals surface area (Å²) in [7, 11) is 0. The lowest BCUT2D eigenvalue weighted by Crippen LogP contribution is -1.97. The summed E-state index contributed by atoms with van der Waals surface area (Å²) >= 11 is 0. The van der Waals surface area contributed by atoms with Gasteiger partial charge in [0.05, 0.1) is 0 Å². The molecular weight excluding hydrogens is 305 g/mol. The molecule has 4 nitrogen and oxygen atoms in total. The van der Waals surface area contributed by atoms with Gasteiger partial charge in [-0.05, 0) is 55.1 Å². The number of hydrogen-bond acceptors (Lipinski definition) is 4. The Hall–Kier alpha value is -3.08. The second kappa shape index (κ2) is 7.00. The Kier molecular flexibility index (Phi) is 5.04. The second-order valence-corrected chi connectivity index (χ2v) is 5.56. The smallest absolute Gasteiger partial charge is 0.132 e. The molecule has 0 aliphatic heterocycles. The van der Waals surface area contributed by atoms with E-state index >= 15 is 0 Å². The number of phenols is 1. The Morgan fingerprint density at radius 2 is 1.88 bits per heavy atom. The highest BCUT2D eigenvalue weighted by Gasteiger charge is 2.03. The van der Waals surface area contributed by atoms with Gasteiger partial charge in [-0.1, -0.05) is 18.2 Å². The number of nitrogens with two attached hydrogens (primary N) is 2. The third-order valence-electron chi connectivity index (χ3n) is 3.58. The van der Waals surface area contributed by atoms with Crippen LogP contribution in [0.1, 0.15) is 16.7 Å². The van der Waals surface area contributed by atoms with E-state index in [1.54, 1.807) is 24.4 Å². The molecule has 0 radical (unpaired) electrons. The lowest BCUT2D eigenvalue weighted by Gasteiger charge is -2.03. The van der Waals surface area contributed by atoms with Gasteiger partial charge in [-0.15, -0.1) is 0 Å². The molecule has 1 heterocycles. The number of pyridine rings is 1. The zero-order valence-electron chi connectivity index (χ0n) is 13.7. The number of nitrogens with zero attached hydrogens (tertiary/aromatic N) is 1. The second-order valence-electron chi connectivity index (χ2n) is 5.56. The number of nitrogen functional groups attached to an aromatic ring is 1. The molecule has 0 saturated carbocycles. The van der Waals surface area contributed by atoms with Crippen LogP contribution in [0.3, 0.4) is 0 Å². The minimum absolute atomic E-state index is 0.270. The van der Waals surface area contributed by atoms with Crippen molar-refractivity contribution in [1.29, 1.82) is 0 Å². The number of phenolic OH excluding ortho intramolecular Hbond substituents is 1.